The second-order valence-electron chi connectivity index (χ2n) is 6.25. The molecule has 2 saturated carbocycles. The average molecular weight is 267 g/mol. The Balaban J connectivity index is 1.77. The van der Waals surface area contributed by atoms with Gasteiger partial charge in [-0.25, -0.2) is 0 Å². The maximum absolute atomic E-state index is 12.1. The Hall–Kier alpha value is -1.06. The van der Waals surface area contributed by atoms with Crippen molar-refractivity contribution in [2.45, 2.75) is 58.3 Å². The minimum Gasteiger partial charge on any atom is -0.480 e. The number of aliphatic carboxylic acids is 1. The molecule has 4 heteroatoms. The largest absolute Gasteiger partial charge is 0.480 e. The third kappa shape index (κ3) is 2.93. The van der Waals surface area contributed by atoms with Gasteiger partial charge in [0.15, 0.2) is 0 Å². The molecule has 0 spiro atoms. The number of hydrogen-bond acceptors (Lipinski definition) is 2. The molecular formula is C15H25NO3. The Morgan fingerprint density at radius 2 is 1.74 bits per heavy atom. The molecule has 1 amide bonds. The number of carbonyl (C=O) groups excluding carboxylic acids is 1. The number of amides is 1. The van der Waals surface area contributed by atoms with Gasteiger partial charge in [-0.15, -0.1) is 0 Å². The third-order valence-corrected chi connectivity index (χ3v) is 5.15. The first-order valence-corrected chi connectivity index (χ1v) is 7.60. The Kier molecular flexibility index (Phi) is 4.48. The number of nitrogens with one attached hydrogen (secondary N) is 1. The highest BCUT2D eigenvalue weighted by molar-refractivity contribution is 6.02. The second kappa shape index (κ2) is 5.93. The summed E-state index contributed by atoms with van der Waals surface area (Å²) in [5.41, 5.74) is -1.11. The molecule has 0 bridgehead atoms. The summed E-state index contributed by atoms with van der Waals surface area (Å²) in [7, 11) is 0. The minimum atomic E-state index is -1.11. The number of rotatable bonds is 5. The zero-order chi connectivity index (χ0) is 13.9. The molecule has 2 aliphatic carbocycles. The highest BCUT2D eigenvalue weighted by Gasteiger charge is 2.51. The molecular weight excluding hydrogens is 242 g/mol. The topological polar surface area (TPSA) is 66.4 Å². The monoisotopic (exact) mass is 267 g/mol. The molecule has 0 heterocycles. The van der Waals surface area contributed by atoms with Crippen molar-refractivity contribution in [2.24, 2.45) is 17.3 Å². The van der Waals surface area contributed by atoms with Crippen LogP contribution in [0.5, 0.6) is 0 Å². The van der Waals surface area contributed by atoms with E-state index in [9.17, 15) is 14.7 Å². The van der Waals surface area contributed by atoms with Crippen LogP contribution in [0, 0.1) is 17.3 Å². The predicted octanol–water partition coefficient (Wildman–Crippen LogP) is 2.57. The molecule has 0 unspecified atom stereocenters. The van der Waals surface area contributed by atoms with Crippen LogP contribution in [0.1, 0.15) is 58.3 Å². The van der Waals surface area contributed by atoms with Gasteiger partial charge in [0.1, 0.15) is 5.41 Å². The molecule has 108 valence electrons. The van der Waals surface area contributed by atoms with Crippen LogP contribution in [0.15, 0.2) is 0 Å². The van der Waals surface area contributed by atoms with Gasteiger partial charge in [-0.05, 0) is 37.5 Å². The Bertz CT molecular complexity index is 341. The molecule has 2 fully saturated rings. The SMILES string of the molecule is CCC1CCC(CNC(=O)C2(C(=O)O)CCC2)CC1. The quantitative estimate of drug-likeness (QED) is 0.752. The van der Waals surface area contributed by atoms with Crippen LogP contribution >= 0.6 is 0 Å². The van der Waals surface area contributed by atoms with Crippen LogP contribution < -0.4 is 5.32 Å². The Morgan fingerprint density at radius 1 is 1.16 bits per heavy atom. The lowest BCUT2D eigenvalue weighted by atomic mass is 9.68. The number of carboxylic acid groups (broad SMARTS) is 1. The van der Waals surface area contributed by atoms with Crippen LogP contribution in [0.4, 0.5) is 0 Å². The summed E-state index contributed by atoms with van der Waals surface area (Å²) in [4.78, 5) is 23.3. The van der Waals surface area contributed by atoms with Gasteiger partial charge in [0.05, 0.1) is 0 Å². The summed E-state index contributed by atoms with van der Waals surface area (Å²) in [5, 5.41) is 12.1. The van der Waals surface area contributed by atoms with E-state index in [4.69, 9.17) is 0 Å². The van der Waals surface area contributed by atoms with Crippen LogP contribution in [0.2, 0.25) is 0 Å². The number of carbonyl (C=O) groups is 2. The molecule has 0 aromatic heterocycles. The minimum absolute atomic E-state index is 0.260. The van der Waals surface area contributed by atoms with Crippen molar-refractivity contribution >= 4 is 11.9 Å². The van der Waals surface area contributed by atoms with Gasteiger partial charge in [0.25, 0.3) is 0 Å². The number of carboxylic acids is 1. The highest BCUT2D eigenvalue weighted by atomic mass is 16.4. The van der Waals surface area contributed by atoms with Crippen molar-refractivity contribution in [1.29, 1.82) is 0 Å². The van der Waals surface area contributed by atoms with E-state index in [1.807, 2.05) is 0 Å². The lowest BCUT2D eigenvalue weighted by Gasteiger charge is -2.36. The molecule has 19 heavy (non-hydrogen) atoms. The maximum atomic E-state index is 12.1. The van der Waals surface area contributed by atoms with E-state index in [-0.39, 0.29) is 5.91 Å². The Labute approximate surface area is 115 Å². The van der Waals surface area contributed by atoms with E-state index in [1.165, 1.54) is 32.1 Å². The van der Waals surface area contributed by atoms with Crippen LogP contribution in [0.25, 0.3) is 0 Å². The maximum Gasteiger partial charge on any atom is 0.319 e. The molecule has 0 aromatic carbocycles. The molecule has 2 aliphatic rings. The van der Waals surface area contributed by atoms with Gasteiger partial charge in [-0.1, -0.05) is 32.6 Å². The first-order valence-electron chi connectivity index (χ1n) is 7.60. The molecule has 2 rings (SSSR count). The van der Waals surface area contributed by atoms with Crippen molar-refractivity contribution in [1.82, 2.24) is 5.32 Å². The van der Waals surface area contributed by atoms with Crippen molar-refractivity contribution in [3.05, 3.63) is 0 Å². The number of hydrogen-bond donors (Lipinski definition) is 2. The summed E-state index contributed by atoms with van der Waals surface area (Å²) in [6, 6.07) is 0. The molecule has 4 nitrogen and oxygen atoms in total. The highest BCUT2D eigenvalue weighted by Crippen LogP contribution is 2.41. The lowest BCUT2D eigenvalue weighted by molar-refractivity contribution is -0.162. The first-order chi connectivity index (χ1) is 9.08. The zero-order valence-electron chi connectivity index (χ0n) is 11.8. The van der Waals surface area contributed by atoms with Crippen LogP contribution in [-0.4, -0.2) is 23.5 Å². The lowest BCUT2D eigenvalue weighted by Crippen LogP contribution is -2.51. The molecule has 0 atom stereocenters. The van der Waals surface area contributed by atoms with E-state index >= 15 is 0 Å². The van der Waals surface area contributed by atoms with Gasteiger partial charge < -0.3 is 10.4 Å². The van der Waals surface area contributed by atoms with E-state index in [0.29, 0.717) is 25.3 Å². The second-order valence-corrected chi connectivity index (χ2v) is 6.25. The van der Waals surface area contributed by atoms with E-state index < -0.39 is 11.4 Å². The summed E-state index contributed by atoms with van der Waals surface area (Å²) in [6.07, 6.45) is 7.93. The van der Waals surface area contributed by atoms with E-state index in [2.05, 4.69) is 12.2 Å². The normalized spacial score (nSPS) is 29.3. The van der Waals surface area contributed by atoms with Crippen molar-refractivity contribution in [3.8, 4) is 0 Å². The predicted molar refractivity (Wildman–Crippen MR) is 72.7 cm³/mol. The van der Waals surface area contributed by atoms with Gasteiger partial charge >= 0.3 is 5.97 Å². The Morgan fingerprint density at radius 3 is 2.16 bits per heavy atom. The average Bonchev–Trinajstić information content (AvgIpc) is 2.35. The summed E-state index contributed by atoms with van der Waals surface area (Å²) < 4.78 is 0. The summed E-state index contributed by atoms with van der Waals surface area (Å²) >= 11 is 0. The van der Waals surface area contributed by atoms with Gasteiger partial charge in [-0.2, -0.15) is 0 Å². The van der Waals surface area contributed by atoms with Crippen LogP contribution in [0.3, 0.4) is 0 Å². The van der Waals surface area contributed by atoms with Crippen molar-refractivity contribution in [2.75, 3.05) is 6.54 Å². The van der Waals surface area contributed by atoms with Crippen LogP contribution in [-0.2, 0) is 9.59 Å². The van der Waals surface area contributed by atoms with Gasteiger partial charge in [0, 0.05) is 6.54 Å². The molecule has 0 aromatic rings. The molecule has 0 radical (unpaired) electrons. The van der Waals surface area contributed by atoms with E-state index in [1.54, 1.807) is 0 Å². The summed E-state index contributed by atoms with van der Waals surface area (Å²) in [5.74, 6) is 0.177. The smallest absolute Gasteiger partial charge is 0.319 e. The van der Waals surface area contributed by atoms with Gasteiger partial charge in [-0.3, -0.25) is 9.59 Å². The fourth-order valence-electron chi connectivity index (χ4n) is 3.32. The zero-order valence-corrected chi connectivity index (χ0v) is 11.8. The molecule has 0 saturated heterocycles. The van der Waals surface area contributed by atoms with Crippen molar-refractivity contribution in [3.63, 3.8) is 0 Å². The first kappa shape index (κ1) is 14.4. The van der Waals surface area contributed by atoms with Crippen molar-refractivity contribution < 1.29 is 14.7 Å². The fourth-order valence-corrected chi connectivity index (χ4v) is 3.32. The summed E-state index contributed by atoms with van der Waals surface area (Å²) in [6.45, 7) is 2.89. The standard InChI is InChI=1S/C15H25NO3/c1-2-11-4-6-12(7-5-11)10-16-13(17)15(14(18)19)8-3-9-15/h11-12H,2-10H2,1H3,(H,16,17)(H,18,19). The fraction of sp³-hybridized carbons (Fsp3) is 0.867. The third-order valence-electron chi connectivity index (χ3n) is 5.15. The van der Waals surface area contributed by atoms with Gasteiger partial charge in [0.2, 0.25) is 5.91 Å². The molecule has 0 aliphatic heterocycles. The van der Waals surface area contributed by atoms with E-state index in [0.717, 1.165) is 12.3 Å². The molecule has 2 N–H and O–H groups in total.